The lowest BCUT2D eigenvalue weighted by Gasteiger charge is -2.35. The molecule has 3 atom stereocenters. The smallest absolute Gasteiger partial charge is 0.251 e. The van der Waals surface area contributed by atoms with Crippen molar-refractivity contribution in [1.29, 1.82) is 0 Å². The first kappa shape index (κ1) is 47.3. The van der Waals surface area contributed by atoms with Crippen molar-refractivity contribution < 1.29 is 29.1 Å². The molecule has 2 saturated heterocycles. The normalized spacial score (nSPS) is 17.8. The summed E-state index contributed by atoms with van der Waals surface area (Å²) in [5.41, 5.74) is 5.06. The van der Waals surface area contributed by atoms with Gasteiger partial charge in [-0.25, -0.2) is 4.98 Å². The second kappa shape index (κ2) is 20.7. The van der Waals surface area contributed by atoms with Gasteiger partial charge < -0.3 is 46.0 Å². The van der Waals surface area contributed by atoms with Crippen LogP contribution in [0.5, 0.6) is 0 Å². The zero-order valence-corrected chi connectivity index (χ0v) is 38.9. The van der Waals surface area contributed by atoms with E-state index in [1.165, 1.54) is 4.90 Å². The molecule has 3 fully saturated rings. The maximum Gasteiger partial charge on any atom is 0.251 e. The fourth-order valence-electron chi connectivity index (χ4n) is 7.75. The van der Waals surface area contributed by atoms with Crippen molar-refractivity contribution in [2.24, 2.45) is 5.41 Å². The molecule has 0 bridgehead atoms. The number of anilines is 3. The van der Waals surface area contributed by atoms with E-state index in [0.717, 1.165) is 40.1 Å². The van der Waals surface area contributed by atoms with E-state index in [1.54, 1.807) is 57.3 Å². The summed E-state index contributed by atoms with van der Waals surface area (Å²) in [7, 11) is 1.79. The summed E-state index contributed by atoms with van der Waals surface area (Å²) in [5, 5.41) is 22.8. The highest BCUT2D eigenvalue weighted by molar-refractivity contribution is 7.13. The third-order valence-corrected chi connectivity index (χ3v) is 12.8. The first-order chi connectivity index (χ1) is 31.6. The van der Waals surface area contributed by atoms with Gasteiger partial charge in [-0.15, -0.1) is 17.8 Å². The number of likely N-dealkylation sites (tertiary alicyclic amines) is 1. The molecule has 2 aliphatic heterocycles. The van der Waals surface area contributed by atoms with E-state index in [-0.39, 0.29) is 75.3 Å². The molecule has 18 nitrogen and oxygen atoms in total. The summed E-state index contributed by atoms with van der Waals surface area (Å²) in [4.78, 5) is 92.8. The van der Waals surface area contributed by atoms with Gasteiger partial charge >= 0.3 is 0 Å². The number of β-amino-alcohol motifs (C(OH)–C–C–N with tert-alkyl or cyclic N) is 1. The molecule has 4 heterocycles. The van der Waals surface area contributed by atoms with Gasteiger partial charge in [-0.05, 0) is 54.0 Å². The highest BCUT2D eigenvalue weighted by atomic mass is 32.1. The number of carbonyl (C=O) groups excluding carboxylic acids is 5. The van der Waals surface area contributed by atoms with Gasteiger partial charge in [0.15, 0.2) is 0 Å². The van der Waals surface area contributed by atoms with Gasteiger partial charge in [0.05, 0.1) is 28.7 Å². The van der Waals surface area contributed by atoms with Crippen LogP contribution in [0.25, 0.3) is 10.4 Å². The van der Waals surface area contributed by atoms with Crippen molar-refractivity contribution in [3.05, 3.63) is 76.4 Å². The Kier molecular flexibility index (Phi) is 14.8. The monoisotopic (exact) mass is 918 g/mol. The molecule has 3 aliphatic rings. The van der Waals surface area contributed by atoms with Gasteiger partial charge in [-0.3, -0.25) is 24.0 Å². The fraction of sp³-hybridized carbons (Fsp3) is 0.468. The Hall–Kier alpha value is -6.65. The number of nitrogens with one attached hydrogen (secondary N) is 4. The number of aliphatic hydroxyl groups is 1. The molecule has 19 heteroatoms. The third-order valence-electron chi connectivity index (χ3n) is 11.8. The molecule has 0 unspecified atom stereocenters. The number of benzene rings is 2. The number of hydrogen-bond donors (Lipinski definition) is 5. The molecular weight excluding hydrogens is 861 g/mol. The van der Waals surface area contributed by atoms with Crippen LogP contribution in [0.3, 0.4) is 0 Å². The van der Waals surface area contributed by atoms with E-state index < -0.39 is 35.4 Å². The number of carbonyl (C=O) groups is 5. The van der Waals surface area contributed by atoms with Crippen LogP contribution in [0, 0.1) is 24.7 Å². The molecule has 4 aromatic rings. The maximum absolute atomic E-state index is 14.2. The van der Waals surface area contributed by atoms with Crippen molar-refractivity contribution in [3.63, 3.8) is 0 Å². The first-order valence-electron chi connectivity index (χ1n) is 22.2. The van der Waals surface area contributed by atoms with E-state index in [1.807, 2.05) is 57.5 Å². The quantitative estimate of drug-likeness (QED) is 0.0965. The van der Waals surface area contributed by atoms with Crippen LogP contribution < -0.4 is 31.1 Å². The van der Waals surface area contributed by atoms with Crippen LogP contribution in [0.15, 0.2) is 54.0 Å². The number of piperazine rings is 1. The van der Waals surface area contributed by atoms with Crippen molar-refractivity contribution >= 4 is 58.7 Å². The molecule has 0 spiro atoms. The van der Waals surface area contributed by atoms with E-state index >= 15 is 0 Å². The molecule has 5 N–H and O–H groups in total. The Bertz CT molecular complexity index is 2450. The number of aliphatic hydroxyl groups excluding tert-OH is 1. The molecule has 1 saturated carbocycles. The lowest BCUT2D eigenvalue weighted by molar-refractivity contribution is -0.142. The Morgan fingerprint density at radius 3 is 2.36 bits per heavy atom. The number of aryl methyl sites for hydroxylation is 1. The van der Waals surface area contributed by atoms with E-state index in [0.29, 0.717) is 37.1 Å². The fourth-order valence-corrected chi connectivity index (χ4v) is 8.56. The van der Waals surface area contributed by atoms with Crippen molar-refractivity contribution in [2.75, 3.05) is 61.4 Å². The predicted octanol–water partition coefficient (Wildman–Crippen LogP) is 2.73. The van der Waals surface area contributed by atoms with Crippen LogP contribution in [0.1, 0.15) is 73.6 Å². The highest BCUT2D eigenvalue weighted by Gasteiger charge is 2.44. The predicted molar refractivity (Wildman–Crippen MR) is 251 cm³/mol. The Morgan fingerprint density at radius 1 is 1.00 bits per heavy atom. The molecule has 2 aromatic heterocycles. The second-order valence-electron chi connectivity index (χ2n) is 18.1. The van der Waals surface area contributed by atoms with Gasteiger partial charge in [0.1, 0.15) is 18.6 Å². The van der Waals surface area contributed by atoms with E-state index in [4.69, 9.17) is 6.42 Å². The van der Waals surface area contributed by atoms with Crippen molar-refractivity contribution in [1.82, 2.24) is 45.7 Å². The maximum atomic E-state index is 14.2. The average Bonchev–Trinajstić information content (AvgIpc) is 3.87. The van der Waals surface area contributed by atoms with Crippen molar-refractivity contribution in [2.45, 2.75) is 90.7 Å². The minimum atomic E-state index is -1.01. The van der Waals surface area contributed by atoms with Crippen molar-refractivity contribution in [3.8, 4) is 22.8 Å². The Morgan fingerprint density at radius 2 is 1.71 bits per heavy atom. The molecule has 1 aliphatic carbocycles. The zero-order chi connectivity index (χ0) is 47.1. The third kappa shape index (κ3) is 12.0. The van der Waals surface area contributed by atoms with Gasteiger partial charge in [-0.1, -0.05) is 63.1 Å². The Balaban J connectivity index is 0.977. The van der Waals surface area contributed by atoms with Crippen LogP contribution in [0.2, 0.25) is 0 Å². The molecule has 5 amide bonds. The minimum Gasteiger partial charge on any atom is -0.391 e. The molecule has 7 rings (SSSR count). The van der Waals surface area contributed by atoms with Gasteiger partial charge in [0.25, 0.3) is 5.91 Å². The molecule has 0 radical (unpaired) electrons. The van der Waals surface area contributed by atoms with Crippen LogP contribution in [-0.2, 0) is 32.3 Å². The van der Waals surface area contributed by atoms with Crippen LogP contribution in [-0.4, -0.2) is 135 Å². The summed E-state index contributed by atoms with van der Waals surface area (Å²) in [6.45, 7) is 9.46. The first-order valence-corrected chi connectivity index (χ1v) is 23.1. The largest absolute Gasteiger partial charge is 0.391 e. The SMILES string of the molecule is C#CCN1CCN(c2nc(NCc3ccc(C(=O)N[C@H](C(=O)N4C[C@H](O)C[C@H]4C(=O)NCc4ccc(-c5scnc5C)cc4)C(C)(C)C)cc3)nc(N(C)CCC(=O)NC3CC3)n2)CC1=O. The summed E-state index contributed by atoms with van der Waals surface area (Å²) in [5.74, 6) is 1.92. The highest BCUT2D eigenvalue weighted by Crippen LogP contribution is 2.29. The number of nitrogens with zero attached hydrogens (tertiary/aromatic N) is 8. The van der Waals surface area contributed by atoms with E-state index in [9.17, 15) is 29.1 Å². The lowest BCUT2D eigenvalue weighted by Crippen LogP contribution is -2.57. The minimum absolute atomic E-state index is 0.0385. The van der Waals surface area contributed by atoms with Gasteiger partial charge in [-0.2, -0.15) is 15.0 Å². The zero-order valence-electron chi connectivity index (χ0n) is 38.0. The topological polar surface area (TPSA) is 218 Å². The van der Waals surface area contributed by atoms with Gasteiger partial charge in [0, 0.05) is 70.8 Å². The number of rotatable bonds is 17. The summed E-state index contributed by atoms with van der Waals surface area (Å²) in [6, 6.07) is 13.0. The molecule has 2 aromatic carbocycles. The van der Waals surface area contributed by atoms with Gasteiger partial charge in [0.2, 0.25) is 41.5 Å². The number of terminal acetylenes is 1. The summed E-state index contributed by atoms with van der Waals surface area (Å²) < 4.78 is 0. The van der Waals surface area contributed by atoms with Crippen LogP contribution >= 0.6 is 11.3 Å². The Labute approximate surface area is 389 Å². The molecular formula is C47H58N12O6S. The number of thiazole rings is 1. The summed E-state index contributed by atoms with van der Waals surface area (Å²) >= 11 is 1.57. The molecule has 66 heavy (non-hydrogen) atoms. The number of hydrogen-bond acceptors (Lipinski definition) is 14. The van der Waals surface area contributed by atoms with E-state index in [2.05, 4.69) is 47.1 Å². The second-order valence-corrected chi connectivity index (χ2v) is 19.0. The standard InChI is InChI=1S/C47H58N12O6S/c1-7-19-57-21-22-58(27-38(57)62)46-54-44(53-45(55-46)56(6)20-18-37(61)51-34-16-17-34)49-25-31-10-14-33(15-11-31)41(63)52-40(47(3,4)5)43(65)59-26-35(60)23-36(59)42(64)48-24-30-8-12-32(13-9-30)39-29(2)50-28-66-39/h1,8-15,28,34-36,40,60H,16-27H2,2-6H3,(H,48,64)(H,51,61)(H,52,63)(H,49,53,54,55)/t35-,36+,40-/m1/s1. The summed E-state index contributed by atoms with van der Waals surface area (Å²) in [6.07, 6.45) is 6.89. The lowest BCUT2D eigenvalue weighted by atomic mass is 9.85. The number of aromatic nitrogens is 4. The van der Waals surface area contributed by atoms with Crippen LogP contribution in [0.4, 0.5) is 17.8 Å². The number of amides is 5. The molecule has 348 valence electrons. The average molecular weight is 919 g/mol.